The predicted octanol–water partition coefficient (Wildman–Crippen LogP) is -2.72. The van der Waals surface area contributed by atoms with Gasteiger partial charge < -0.3 is 3.90 Å². The van der Waals surface area contributed by atoms with Crippen molar-refractivity contribution in [2.45, 2.75) is 0 Å². The van der Waals surface area contributed by atoms with Gasteiger partial charge in [0, 0.05) is 0 Å². The van der Waals surface area contributed by atoms with Crippen LogP contribution < -0.4 is 0 Å². The Kier molecular flexibility index (Phi) is 4.47. The quantitative estimate of drug-likeness (QED) is 0.270. The molecule has 0 heterocycles. The van der Waals surface area contributed by atoms with Crippen LogP contribution in [0, 0.1) is 0 Å². The lowest BCUT2D eigenvalue weighted by Gasteiger charge is -1.98. The maximum Gasteiger partial charge on any atom is 0.152 e. The molecule has 0 N–H and O–H groups in total. The smallest absolute Gasteiger partial charge is 0.152 e. The molecule has 0 aromatic rings. The molecule has 0 aromatic heterocycles. The third-order valence-corrected chi connectivity index (χ3v) is 14.4. The minimum atomic E-state index is 0.276. The van der Waals surface area contributed by atoms with Crippen molar-refractivity contribution in [1.82, 2.24) is 3.90 Å². The lowest BCUT2D eigenvalue weighted by Crippen LogP contribution is -2.15. The van der Waals surface area contributed by atoms with Crippen molar-refractivity contribution >= 4 is 49.8 Å². The summed E-state index contributed by atoms with van der Waals surface area (Å²) >= 11 is 2.51. The summed E-state index contributed by atoms with van der Waals surface area (Å²) in [6.45, 7) is 0. The highest BCUT2D eigenvalue weighted by molar-refractivity contribution is 14.1. The van der Waals surface area contributed by atoms with Crippen LogP contribution in [0.1, 0.15) is 0 Å². The van der Waals surface area contributed by atoms with Crippen molar-refractivity contribution < 1.29 is 0 Å². The maximum absolute atomic E-state index is 2.53. The first kappa shape index (κ1) is 6.34. The first-order chi connectivity index (χ1) is 2.27. The number of nitrogens with zero attached hydrogens (tertiary/aromatic N) is 1. The van der Waals surface area contributed by atoms with Crippen LogP contribution in [0.15, 0.2) is 0 Å². The van der Waals surface area contributed by atoms with Gasteiger partial charge in [-0.05, 0) is 0 Å². The number of hydrogen-bond donors (Lipinski definition) is 0. The van der Waals surface area contributed by atoms with E-state index >= 15 is 0 Å². The summed E-state index contributed by atoms with van der Waals surface area (Å²) in [5, 5.41) is 0. The second-order valence-corrected chi connectivity index (χ2v) is 12.1. The van der Waals surface area contributed by atoms with Gasteiger partial charge in [0.05, 0.1) is 20.8 Å². The van der Waals surface area contributed by atoms with Gasteiger partial charge in [-0.15, -0.1) is 21.8 Å². The molecule has 5 heteroatoms. The normalized spacial score (nSPS) is 13.2. The Balaban J connectivity index is 2.54. The van der Waals surface area contributed by atoms with Crippen LogP contribution in [-0.2, 0) is 0 Å². The monoisotopic (exact) mass is 233 g/mol. The fraction of sp³-hybridized carbons (Fsp3) is 0. The molecule has 0 atom stereocenters. The Morgan fingerprint density at radius 1 is 1.60 bits per heavy atom. The van der Waals surface area contributed by atoms with Crippen molar-refractivity contribution in [3.63, 3.8) is 0 Å². The Morgan fingerprint density at radius 2 is 1.80 bits per heavy atom. The SMILES string of the molecule is [SiH3]N([SiH3])[SiH2]I. The van der Waals surface area contributed by atoms with Gasteiger partial charge in [0.2, 0.25) is 0 Å². The van der Waals surface area contributed by atoms with Crippen LogP contribution >= 0.6 is 21.8 Å². The zero-order valence-corrected chi connectivity index (χ0v) is 11.1. The molecular weight excluding hydrogens is 225 g/mol. The fourth-order valence-electron chi connectivity index (χ4n) is 0. The van der Waals surface area contributed by atoms with E-state index in [0.29, 0.717) is 0 Å². The van der Waals surface area contributed by atoms with Crippen LogP contribution in [0.3, 0.4) is 0 Å². The van der Waals surface area contributed by atoms with Gasteiger partial charge in [-0.1, -0.05) is 0 Å². The molecule has 32 valence electrons. The zero-order valence-electron chi connectivity index (χ0n) is 3.53. The third-order valence-electron chi connectivity index (χ3n) is 0.239. The van der Waals surface area contributed by atoms with Crippen molar-refractivity contribution in [2.75, 3.05) is 0 Å². The van der Waals surface area contributed by atoms with Crippen molar-refractivity contribution in [3.8, 4) is 0 Å². The summed E-state index contributed by atoms with van der Waals surface area (Å²) in [5.74, 6) is 0. The average Bonchev–Trinajstić information content (AvgIpc) is 1.38. The van der Waals surface area contributed by atoms with E-state index in [2.05, 4.69) is 25.7 Å². The van der Waals surface area contributed by atoms with Crippen LogP contribution in [0.5, 0.6) is 0 Å². The number of rotatable bonds is 1. The molecule has 0 saturated heterocycles. The van der Waals surface area contributed by atoms with Gasteiger partial charge in [-0.2, -0.15) is 0 Å². The Hall–Kier alpha value is 1.34. The molecule has 0 fully saturated rings. The summed E-state index contributed by atoms with van der Waals surface area (Å²) in [6.07, 6.45) is 0. The molecule has 0 radical (unpaired) electrons. The van der Waals surface area contributed by atoms with Gasteiger partial charge in [-0.25, -0.2) is 0 Å². The second-order valence-electron chi connectivity index (χ2n) is 1.20. The van der Waals surface area contributed by atoms with Gasteiger partial charge in [0.15, 0.2) is 7.18 Å². The van der Waals surface area contributed by atoms with Crippen LogP contribution in [-0.4, -0.2) is 31.9 Å². The molecule has 0 aliphatic carbocycles. The maximum atomic E-state index is 2.53. The molecule has 0 bridgehead atoms. The highest BCUT2D eigenvalue weighted by Crippen LogP contribution is 1.73. The van der Waals surface area contributed by atoms with E-state index in [1.54, 1.807) is 0 Å². The molecule has 0 aliphatic heterocycles. The van der Waals surface area contributed by atoms with Crippen molar-refractivity contribution in [1.29, 1.82) is 0 Å². The summed E-state index contributed by atoms with van der Waals surface area (Å²) < 4.78 is 2.53. The minimum Gasteiger partial charge on any atom is -0.380 e. The van der Waals surface area contributed by atoms with E-state index in [9.17, 15) is 0 Å². The highest BCUT2D eigenvalue weighted by Gasteiger charge is 1.75. The second kappa shape index (κ2) is 3.53. The van der Waals surface area contributed by atoms with Crippen LogP contribution in [0.4, 0.5) is 0 Å². The molecule has 0 saturated carbocycles. The number of halogens is 1. The summed E-state index contributed by atoms with van der Waals surface area (Å²) in [5.41, 5.74) is 0. The van der Waals surface area contributed by atoms with Crippen LogP contribution in [0.25, 0.3) is 0 Å². The molecule has 0 spiro atoms. The van der Waals surface area contributed by atoms with Crippen molar-refractivity contribution in [3.05, 3.63) is 0 Å². The highest BCUT2D eigenvalue weighted by atomic mass is 127. The molecule has 0 rings (SSSR count). The predicted molar refractivity (Wildman–Crippen MR) is 44.3 cm³/mol. The molecule has 0 unspecified atom stereocenters. The van der Waals surface area contributed by atoms with Gasteiger partial charge in [-0.3, -0.25) is 0 Å². The molecule has 0 aromatic carbocycles. The number of hydrogen-bond acceptors (Lipinski definition) is 1. The van der Waals surface area contributed by atoms with Crippen LogP contribution in [0.2, 0.25) is 0 Å². The van der Waals surface area contributed by atoms with E-state index in [4.69, 9.17) is 0 Å². The first-order valence-electron chi connectivity index (χ1n) is 1.48. The standard InChI is InChI=1S/H8INSi3/c1-5-2(3)4/h5H2,3-4H3. The van der Waals surface area contributed by atoms with Gasteiger partial charge >= 0.3 is 0 Å². The largest absolute Gasteiger partial charge is 0.380 e. The Labute approximate surface area is 53.6 Å². The Morgan fingerprint density at radius 3 is 1.80 bits per heavy atom. The molecule has 1 nitrogen and oxygen atoms in total. The molecule has 0 amide bonds. The van der Waals surface area contributed by atoms with Crippen molar-refractivity contribution in [2.24, 2.45) is 0 Å². The minimum absolute atomic E-state index is 0.276. The average molecular weight is 233 g/mol. The van der Waals surface area contributed by atoms with E-state index in [-0.39, 0.29) is 7.18 Å². The fourth-order valence-corrected chi connectivity index (χ4v) is 0. The summed E-state index contributed by atoms with van der Waals surface area (Å²) in [4.78, 5) is 0. The van der Waals surface area contributed by atoms with E-state index in [1.165, 1.54) is 20.8 Å². The lowest BCUT2D eigenvalue weighted by molar-refractivity contribution is 1.18. The molecule has 0 aliphatic rings. The first-order valence-corrected chi connectivity index (χ1v) is 9.01. The third kappa shape index (κ3) is 5.34. The molecular formula is H8INSi3. The van der Waals surface area contributed by atoms with E-state index < -0.39 is 0 Å². The zero-order chi connectivity index (χ0) is 4.28. The van der Waals surface area contributed by atoms with E-state index in [0.717, 1.165) is 0 Å². The molecule has 5 heavy (non-hydrogen) atoms. The Bertz CT molecular complexity index is 20.9. The van der Waals surface area contributed by atoms with Gasteiger partial charge in [0.25, 0.3) is 0 Å². The summed E-state index contributed by atoms with van der Waals surface area (Å²) in [6, 6.07) is 0. The lowest BCUT2D eigenvalue weighted by atomic mass is 13.8. The topological polar surface area (TPSA) is 3.24 Å². The van der Waals surface area contributed by atoms with E-state index in [1.807, 2.05) is 0 Å². The summed E-state index contributed by atoms with van der Waals surface area (Å²) in [7, 11) is 2.91. The van der Waals surface area contributed by atoms with Gasteiger partial charge in [0.1, 0.15) is 0 Å².